The van der Waals surface area contributed by atoms with Gasteiger partial charge in [-0.05, 0) is 66.8 Å². The Morgan fingerprint density at radius 2 is 1.73 bits per heavy atom. The van der Waals surface area contributed by atoms with Gasteiger partial charge in [-0.2, -0.15) is 0 Å². The summed E-state index contributed by atoms with van der Waals surface area (Å²) in [6.45, 7) is 6.44. The molecule has 0 spiro atoms. The summed E-state index contributed by atoms with van der Waals surface area (Å²) in [6, 6.07) is 13.9. The fourth-order valence-corrected chi connectivity index (χ4v) is 5.13. The normalized spacial score (nSPS) is 24.1. The van der Waals surface area contributed by atoms with Crippen LogP contribution in [0.5, 0.6) is 5.75 Å². The fourth-order valence-electron chi connectivity index (χ4n) is 4.46. The molecule has 0 bridgehead atoms. The standard InChI is InChI=1S/C29H41NO6S/c1-18-8-11-20(26-24(32)23(31)25(33)27(36-26)37-4)17-21(18)16-19-9-12-22(13-10-19)35-15-7-5-6-14-29(2,3)28(30)34/h8-13,17,23-27,31-33H,5-7,14-16H2,1-4H3,(H2,30,34)/t23-,24-,25+,26+,27-/m1/s1. The summed E-state index contributed by atoms with van der Waals surface area (Å²) >= 11 is 1.31. The number of primary amides is 1. The molecule has 0 aromatic heterocycles. The Kier molecular flexibility index (Phi) is 10.4. The minimum absolute atomic E-state index is 0.256. The van der Waals surface area contributed by atoms with Crippen LogP contribution in [0.1, 0.15) is 67.9 Å². The Morgan fingerprint density at radius 1 is 1.03 bits per heavy atom. The van der Waals surface area contributed by atoms with Crippen LogP contribution in [0.15, 0.2) is 42.5 Å². The van der Waals surface area contributed by atoms with Crippen LogP contribution in [0.2, 0.25) is 0 Å². The predicted molar refractivity (Wildman–Crippen MR) is 147 cm³/mol. The number of rotatable bonds is 12. The van der Waals surface area contributed by atoms with Crippen LogP contribution in [0, 0.1) is 12.3 Å². The van der Waals surface area contributed by atoms with Crippen LogP contribution < -0.4 is 10.5 Å². The molecule has 2 aromatic carbocycles. The van der Waals surface area contributed by atoms with Crippen molar-refractivity contribution in [1.82, 2.24) is 0 Å². The Balaban J connectivity index is 1.54. The van der Waals surface area contributed by atoms with Crippen molar-refractivity contribution in [3.05, 3.63) is 64.7 Å². The minimum Gasteiger partial charge on any atom is -0.494 e. The van der Waals surface area contributed by atoms with Crippen molar-refractivity contribution in [3.8, 4) is 5.75 Å². The average Bonchev–Trinajstić information content (AvgIpc) is 2.87. The van der Waals surface area contributed by atoms with Gasteiger partial charge in [-0.25, -0.2) is 0 Å². The molecule has 204 valence electrons. The van der Waals surface area contributed by atoms with Gasteiger partial charge in [0.25, 0.3) is 0 Å². The van der Waals surface area contributed by atoms with E-state index in [1.165, 1.54) is 11.8 Å². The molecule has 0 aliphatic carbocycles. The maximum Gasteiger partial charge on any atom is 0.223 e. The van der Waals surface area contributed by atoms with E-state index in [0.29, 0.717) is 13.0 Å². The van der Waals surface area contributed by atoms with Crippen LogP contribution in [0.4, 0.5) is 0 Å². The number of aliphatic hydroxyl groups is 3. The number of nitrogens with two attached hydrogens (primary N) is 1. The van der Waals surface area contributed by atoms with Gasteiger partial charge in [-0.15, -0.1) is 11.8 Å². The summed E-state index contributed by atoms with van der Waals surface area (Å²) < 4.78 is 11.8. The summed E-state index contributed by atoms with van der Waals surface area (Å²) in [5.41, 5.74) is 8.48. The molecule has 0 unspecified atom stereocenters. The molecule has 3 rings (SSSR count). The van der Waals surface area contributed by atoms with Gasteiger partial charge in [-0.1, -0.05) is 57.0 Å². The first-order valence-electron chi connectivity index (χ1n) is 12.9. The molecule has 1 saturated heterocycles. The number of unbranched alkanes of at least 4 members (excludes halogenated alkanes) is 2. The summed E-state index contributed by atoms with van der Waals surface area (Å²) in [7, 11) is 0. The maximum atomic E-state index is 11.4. The number of aliphatic hydroxyl groups excluding tert-OH is 3. The van der Waals surface area contributed by atoms with Gasteiger partial charge in [0.2, 0.25) is 5.91 Å². The fraction of sp³-hybridized carbons (Fsp3) is 0.552. The van der Waals surface area contributed by atoms with Crippen molar-refractivity contribution in [2.45, 2.75) is 82.7 Å². The molecule has 0 radical (unpaired) electrons. The van der Waals surface area contributed by atoms with Crippen molar-refractivity contribution in [2.75, 3.05) is 12.9 Å². The van der Waals surface area contributed by atoms with E-state index in [9.17, 15) is 20.1 Å². The zero-order valence-corrected chi connectivity index (χ0v) is 23.0. The summed E-state index contributed by atoms with van der Waals surface area (Å²) in [5.74, 6) is 0.564. The number of hydrogen-bond donors (Lipinski definition) is 4. The van der Waals surface area contributed by atoms with Crippen molar-refractivity contribution >= 4 is 17.7 Å². The summed E-state index contributed by atoms with van der Waals surface area (Å²) in [6.07, 6.45) is 1.80. The van der Waals surface area contributed by atoms with E-state index in [1.807, 2.05) is 63.2 Å². The van der Waals surface area contributed by atoms with Gasteiger partial charge in [0, 0.05) is 5.41 Å². The van der Waals surface area contributed by atoms with E-state index in [4.69, 9.17) is 15.2 Å². The third-order valence-electron chi connectivity index (χ3n) is 7.20. The molecule has 1 heterocycles. The lowest BCUT2D eigenvalue weighted by molar-refractivity contribution is -0.200. The van der Waals surface area contributed by atoms with E-state index in [2.05, 4.69) is 0 Å². The second-order valence-electron chi connectivity index (χ2n) is 10.5. The maximum absolute atomic E-state index is 11.4. The number of thioether (sulfide) groups is 1. The third kappa shape index (κ3) is 7.71. The molecule has 5 atom stereocenters. The van der Waals surface area contributed by atoms with E-state index in [-0.39, 0.29) is 5.91 Å². The zero-order chi connectivity index (χ0) is 27.2. The summed E-state index contributed by atoms with van der Waals surface area (Å²) in [4.78, 5) is 11.4. The number of aryl methyl sites for hydroxylation is 1. The number of hydrogen-bond acceptors (Lipinski definition) is 7. The van der Waals surface area contributed by atoms with E-state index >= 15 is 0 Å². The second-order valence-corrected chi connectivity index (χ2v) is 11.5. The lowest BCUT2D eigenvalue weighted by Gasteiger charge is -2.40. The van der Waals surface area contributed by atoms with E-state index < -0.39 is 35.3 Å². The Morgan fingerprint density at radius 3 is 2.38 bits per heavy atom. The van der Waals surface area contributed by atoms with E-state index in [1.54, 1.807) is 6.26 Å². The highest BCUT2D eigenvalue weighted by Gasteiger charge is 2.44. The molecule has 8 heteroatoms. The highest BCUT2D eigenvalue weighted by atomic mass is 32.2. The lowest BCUT2D eigenvalue weighted by Crippen LogP contribution is -2.52. The first-order chi connectivity index (χ1) is 17.5. The molecule has 1 amide bonds. The van der Waals surface area contributed by atoms with Crippen LogP contribution in [0.3, 0.4) is 0 Å². The van der Waals surface area contributed by atoms with Crippen molar-refractivity contribution < 1.29 is 29.6 Å². The lowest BCUT2D eigenvalue weighted by atomic mass is 9.86. The van der Waals surface area contributed by atoms with Crippen LogP contribution in [-0.2, 0) is 16.0 Å². The Labute approximate surface area is 224 Å². The molecule has 1 aliphatic rings. The van der Waals surface area contributed by atoms with Crippen LogP contribution in [-0.4, -0.2) is 57.8 Å². The van der Waals surface area contributed by atoms with Crippen LogP contribution >= 0.6 is 11.8 Å². The molecule has 37 heavy (non-hydrogen) atoms. The number of benzene rings is 2. The molecule has 2 aromatic rings. The molecule has 1 fully saturated rings. The smallest absolute Gasteiger partial charge is 0.223 e. The van der Waals surface area contributed by atoms with Gasteiger partial charge in [0.1, 0.15) is 35.6 Å². The third-order valence-corrected chi connectivity index (χ3v) is 8.06. The topological polar surface area (TPSA) is 122 Å². The predicted octanol–water partition coefficient (Wildman–Crippen LogP) is 3.88. The zero-order valence-electron chi connectivity index (χ0n) is 22.2. The van der Waals surface area contributed by atoms with E-state index in [0.717, 1.165) is 53.7 Å². The van der Waals surface area contributed by atoms with Gasteiger partial charge < -0.3 is 30.5 Å². The number of carbonyl (C=O) groups is 1. The quantitative estimate of drug-likeness (QED) is 0.307. The molecule has 5 N–H and O–H groups in total. The average molecular weight is 532 g/mol. The van der Waals surface area contributed by atoms with Crippen LogP contribution in [0.25, 0.3) is 0 Å². The molecule has 1 aliphatic heterocycles. The van der Waals surface area contributed by atoms with Gasteiger partial charge in [0.15, 0.2) is 0 Å². The Bertz CT molecular complexity index is 1030. The SMILES string of the molecule is CS[C@H]1O[C@@H](c2ccc(C)c(Cc3ccc(OCCCCCC(C)(C)C(N)=O)cc3)c2)[C@H](O)[C@@H](O)[C@@H]1O. The molecular formula is C29H41NO6S. The highest BCUT2D eigenvalue weighted by Crippen LogP contribution is 2.36. The monoisotopic (exact) mass is 531 g/mol. The van der Waals surface area contributed by atoms with Gasteiger partial charge in [-0.3, -0.25) is 4.79 Å². The Hall–Kier alpha value is -2.10. The largest absolute Gasteiger partial charge is 0.494 e. The van der Waals surface area contributed by atoms with Crippen molar-refractivity contribution in [2.24, 2.45) is 11.1 Å². The van der Waals surface area contributed by atoms with Gasteiger partial charge >= 0.3 is 0 Å². The number of carbonyl (C=O) groups excluding carboxylic acids is 1. The van der Waals surface area contributed by atoms with Crippen molar-refractivity contribution in [3.63, 3.8) is 0 Å². The minimum atomic E-state index is -1.27. The molecular weight excluding hydrogens is 490 g/mol. The van der Waals surface area contributed by atoms with Crippen molar-refractivity contribution in [1.29, 1.82) is 0 Å². The second kappa shape index (κ2) is 13.1. The number of ether oxygens (including phenoxy) is 2. The first kappa shape index (κ1) is 29.5. The number of amides is 1. The molecule has 0 saturated carbocycles. The summed E-state index contributed by atoms with van der Waals surface area (Å²) in [5, 5.41) is 31.0. The first-order valence-corrected chi connectivity index (χ1v) is 14.2. The highest BCUT2D eigenvalue weighted by molar-refractivity contribution is 7.99. The van der Waals surface area contributed by atoms with Gasteiger partial charge in [0.05, 0.1) is 6.61 Å². The molecule has 7 nitrogen and oxygen atoms in total.